The molecule has 0 unspecified atom stereocenters. The lowest BCUT2D eigenvalue weighted by molar-refractivity contribution is 0.970. The first-order chi connectivity index (χ1) is 8.61. The Morgan fingerprint density at radius 2 is 2.17 bits per heavy atom. The summed E-state index contributed by atoms with van der Waals surface area (Å²) in [6.07, 6.45) is 0. The van der Waals surface area contributed by atoms with Crippen molar-refractivity contribution in [1.82, 2.24) is 10.2 Å². The molecule has 0 saturated heterocycles. The predicted molar refractivity (Wildman–Crippen MR) is 77.7 cm³/mol. The summed E-state index contributed by atoms with van der Waals surface area (Å²) >= 11 is 9.24. The molecule has 1 heterocycles. The third kappa shape index (κ3) is 2.95. The molecule has 0 fully saturated rings. The van der Waals surface area contributed by atoms with Crippen molar-refractivity contribution in [3.63, 3.8) is 0 Å². The van der Waals surface area contributed by atoms with E-state index in [2.05, 4.69) is 10.2 Å². The van der Waals surface area contributed by atoms with Gasteiger partial charge < -0.3 is 10.6 Å². The molecule has 0 amide bonds. The number of halogens is 1. The summed E-state index contributed by atoms with van der Waals surface area (Å²) < 4.78 is 0.863. The minimum atomic E-state index is 0.461. The van der Waals surface area contributed by atoms with Crippen molar-refractivity contribution in [2.45, 2.75) is 15.8 Å². The fourth-order valence-corrected chi connectivity index (χ4v) is 3.50. The van der Waals surface area contributed by atoms with Crippen LogP contribution in [0.5, 0.6) is 0 Å². The highest BCUT2D eigenvalue weighted by molar-refractivity contribution is 8.01. The average Bonchev–Trinajstić information content (AvgIpc) is 2.80. The van der Waals surface area contributed by atoms with Gasteiger partial charge in [-0.2, -0.15) is 0 Å². The number of anilines is 1. The van der Waals surface area contributed by atoms with E-state index in [0.29, 0.717) is 11.6 Å². The molecular weight excluding hydrogens is 288 g/mol. The number of benzene rings is 1. The first-order valence-corrected chi connectivity index (χ1v) is 7.29. The first-order valence-electron chi connectivity index (χ1n) is 5.28. The summed E-state index contributed by atoms with van der Waals surface area (Å²) in [7, 11) is 3.88. The molecule has 0 aliphatic rings. The van der Waals surface area contributed by atoms with Crippen LogP contribution < -0.4 is 10.6 Å². The molecule has 2 aromatic rings. The van der Waals surface area contributed by atoms with Gasteiger partial charge in [-0.1, -0.05) is 46.8 Å². The Hall–Kier alpha value is -0.820. The number of hydrogen-bond acceptors (Lipinski definition) is 6. The second kappa shape index (κ2) is 5.88. The van der Waals surface area contributed by atoms with Crippen molar-refractivity contribution >= 4 is 39.8 Å². The fourth-order valence-electron chi connectivity index (χ4n) is 1.34. The van der Waals surface area contributed by atoms with E-state index < -0.39 is 0 Å². The van der Waals surface area contributed by atoms with Gasteiger partial charge in [0.25, 0.3) is 0 Å². The Kier molecular flexibility index (Phi) is 4.45. The lowest BCUT2D eigenvalue weighted by Crippen LogP contribution is -2.07. The van der Waals surface area contributed by atoms with Gasteiger partial charge in [-0.15, -0.1) is 10.2 Å². The Bertz CT molecular complexity index is 542. The summed E-state index contributed by atoms with van der Waals surface area (Å²) in [6, 6.07) is 5.74. The highest BCUT2D eigenvalue weighted by Crippen LogP contribution is 2.38. The summed E-state index contributed by atoms with van der Waals surface area (Å²) in [5.41, 5.74) is 6.74. The van der Waals surface area contributed by atoms with Crippen LogP contribution >= 0.6 is 34.7 Å². The standard InChI is InChI=1S/C11H13ClN4S2/c1-16(2)10-14-15-11(18-10)17-9-7(6-13)4-3-5-8(9)12/h3-5H,6,13H2,1-2H3. The van der Waals surface area contributed by atoms with Crippen LogP contribution in [-0.4, -0.2) is 24.3 Å². The van der Waals surface area contributed by atoms with E-state index in [1.807, 2.05) is 37.2 Å². The zero-order valence-corrected chi connectivity index (χ0v) is 12.4. The molecule has 2 N–H and O–H groups in total. The molecule has 0 saturated carbocycles. The topological polar surface area (TPSA) is 55.0 Å². The maximum absolute atomic E-state index is 6.20. The van der Waals surface area contributed by atoms with Crippen LogP contribution in [0.3, 0.4) is 0 Å². The molecule has 96 valence electrons. The zero-order chi connectivity index (χ0) is 13.1. The quantitative estimate of drug-likeness (QED) is 0.941. The number of nitrogens with two attached hydrogens (primary N) is 1. The smallest absolute Gasteiger partial charge is 0.208 e. The molecule has 2 rings (SSSR count). The number of aromatic nitrogens is 2. The summed E-state index contributed by atoms with van der Waals surface area (Å²) in [5.74, 6) is 0. The van der Waals surface area contributed by atoms with Crippen molar-refractivity contribution < 1.29 is 0 Å². The van der Waals surface area contributed by atoms with Crippen molar-refractivity contribution in [3.05, 3.63) is 28.8 Å². The normalized spacial score (nSPS) is 10.7. The van der Waals surface area contributed by atoms with Gasteiger partial charge in [-0.3, -0.25) is 0 Å². The lowest BCUT2D eigenvalue weighted by Gasteiger charge is -2.07. The molecule has 1 aromatic heterocycles. The van der Waals surface area contributed by atoms with Gasteiger partial charge in [-0.25, -0.2) is 0 Å². The zero-order valence-electron chi connectivity index (χ0n) is 10.1. The van der Waals surface area contributed by atoms with Crippen LogP contribution in [0.15, 0.2) is 27.4 Å². The van der Waals surface area contributed by atoms with Crippen LogP contribution in [0.1, 0.15) is 5.56 Å². The largest absolute Gasteiger partial charge is 0.353 e. The van der Waals surface area contributed by atoms with Crippen molar-refractivity contribution in [1.29, 1.82) is 0 Å². The first kappa shape index (κ1) is 13.6. The third-order valence-electron chi connectivity index (χ3n) is 2.24. The van der Waals surface area contributed by atoms with Crippen LogP contribution in [0, 0.1) is 0 Å². The molecular formula is C11H13ClN4S2. The van der Waals surface area contributed by atoms with E-state index in [9.17, 15) is 0 Å². The van der Waals surface area contributed by atoms with E-state index in [1.165, 1.54) is 23.1 Å². The SMILES string of the molecule is CN(C)c1nnc(Sc2c(Cl)cccc2CN)s1. The molecule has 1 aromatic carbocycles. The monoisotopic (exact) mass is 300 g/mol. The third-order valence-corrected chi connectivity index (χ3v) is 4.99. The van der Waals surface area contributed by atoms with Gasteiger partial charge in [0.2, 0.25) is 5.13 Å². The second-order valence-electron chi connectivity index (χ2n) is 3.78. The number of rotatable bonds is 4. The number of nitrogens with zero attached hydrogens (tertiary/aromatic N) is 3. The van der Waals surface area contributed by atoms with Gasteiger partial charge in [-0.05, 0) is 11.6 Å². The maximum atomic E-state index is 6.20. The Balaban J connectivity index is 2.27. The molecule has 7 heteroatoms. The Labute approximate surface area is 119 Å². The molecule has 0 radical (unpaired) electrons. The molecule has 0 aliphatic carbocycles. The molecule has 0 aliphatic heterocycles. The van der Waals surface area contributed by atoms with Gasteiger partial charge in [0.1, 0.15) is 0 Å². The van der Waals surface area contributed by atoms with E-state index in [0.717, 1.165) is 19.9 Å². The summed E-state index contributed by atoms with van der Waals surface area (Å²) in [4.78, 5) is 2.89. The molecule has 0 atom stereocenters. The maximum Gasteiger partial charge on any atom is 0.208 e. The van der Waals surface area contributed by atoms with Crippen molar-refractivity contribution in [2.24, 2.45) is 5.73 Å². The van der Waals surface area contributed by atoms with Crippen LogP contribution in [0.25, 0.3) is 0 Å². The van der Waals surface area contributed by atoms with Gasteiger partial charge >= 0.3 is 0 Å². The van der Waals surface area contributed by atoms with E-state index in [4.69, 9.17) is 17.3 Å². The minimum Gasteiger partial charge on any atom is -0.353 e. The molecule has 0 bridgehead atoms. The van der Waals surface area contributed by atoms with Crippen molar-refractivity contribution in [2.75, 3.05) is 19.0 Å². The average molecular weight is 301 g/mol. The van der Waals surface area contributed by atoms with Gasteiger partial charge in [0.15, 0.2) is 4.34 Å². The summed E-state index contributed by atoms with van der Waals surface area (Å²) in [5, 5.41) is 9.81. The highest BCUT2D eigenvalue weighted by Gasteiger charge is 2.12. The fraction of sp³-hybridized carbons (Fsp3) is 0.273. The van der Waals surface area contributed by atoms with Crippen LogP contribution in [0.4, 0.5) is 5.13 Å². The van der Waals surface area contributed by atoms with Crippen LogP contribution in [0.2, 0.25) is 5.02 Å². The predicted octanol–water partition coefficient (Wildman–Crippen LogP) is 2.87. The molecule has 4 nitrogen and oxygen atoms in total. The minimum absolute atomic E-state index is 0.461. The molecule has 18 heavy (non-hydrogen) atoms. The Morgan fingerprint density at radius 3 is 2.78 bits per heavy atom. The molecule has 0 spiro atoms. The van der Waals surface area contributed by atoms with E-state index in [-0.39, 0.29) is 0 Å². The highest BCUT2D eigenvalue weighted by atomic mass is 35.5. The Morgan fingerprint density at radius 1 is 1.39 bits per heavy atom. The van der Waals surface area contributed by atoms with E-state index >= 15 is 0 Å². The lowest BCUT2D eigenvalue weighted by atomic mass is 10.2. The second-order valence-corrected chi connectivity index (χ2v) is 6.40. The number of hydrogen-bond donors (Lipinski definition) is 1. The van der Waals surface area contributed by atoms with Crippen LogP contribution in [-0.2, 0) is 6.54 Å². The van der Waals surface area contributed by atoms with Gasteiger partial charge in [0.05, 0.1) is 5.02 Å². The van der Waals surface area contributed by atoms with Gasteiger partial charge in [0, 0.05) is 25.5 Å². The van der Waals surface area contributed by atoms with E-state index in [1.54, 1.807) is 0 Å². The van der Waals surface area contributed by atoms with Crippen molar-refractivity contribution in [3.8, 4) is 0 Å². The summed E-state index contributed by atoms with van der Waals surface area (Å²) in [6.45, 7) is 0.461.